The number of hydrogen-bond donors (Lipinski definition) is 0. The van der Waals surface area contributed by atoms with Crippen molar-refractivity contribution in [2.75, 3.05) is 0 Å². The molecular weight excluding hydrogens is 120 g/mol. The highest BCUT2D eigenvalue weighted by molar-refractivity contribution is 7.97. The summed E-state index contributed by atoms with van der Waals surface area (Å²) in [6.45, 7) is 3.71. The van der Waals surface area contributed by atoms with Gasteiger partial charge in [0.05, 0.1) is 0 Å². The molecule has 0 heterocycles. The Morgan fingerprint density at radius 1 is 1.75 bits per heavy atom. The van der Waals surface area contributed by atoms with Gasteiger partial charge in [0.25, 0.3) is 0 Å². The van der Waals surface area contributed by atoms with Crippen LogP contribution in [-0.2, 0) is 4.79 Å². The average Bonchev–Trinajstić information content (AvgIpc) is 1.67. The van der Waals surface area contributed by atoms with Crippen molar-refractivity contribution in [2.24, 2.45) is 0 Å². The fourth-order valence-electron chi connectivity index (χ4n) is 0.390. The third-order valence-electron chi connectivity index (χ3n) is 0.832. The number of carbonyl (C=O) groups is 1. The van der Waals surface area contributed by atoms with Crippen molar-refractivity contribution in [2.45, 2.75) is 20.3 Å². The Labute approximate surface area is 55.2 Å². The van der Waals surface area contributed by atoms with E-state index in [1.54, 1.807) is 6.92 Å². The molecule has 0 N–H and O–H groups in total. The minimum Gasteiger partial charge on any atom is -0.277 e. The Balaban J connectivity index is 3.80. The fourth-order valence-corrected chi connectivity index (χ4v) is 0.473. The first-order valence-electron chi connectivity index (χ1n) is 2.56. The van der Waals surface area contributed by atoms with Crippen molar-refractivity contribution in [1.82, 2.24) is 0 Å². The van der Waals surface area contributed by atoms with Crippen molar-refractivity contribution in [1.29, 1.82) is 0 Å². The van der Waals surface area contributed by atoms with Crippen molar-refractivity contribution < 1.29 is 4.79 Å². The zero-order valence-corrected chi connectivity index (χ0v) is 5.92. The van der Waals surface area contributed by atoms with E-state index in [-0.39, 0.29) is 5.12 Å². The average molecular weight is 129 g/mol. The molecule has 0 aromatic rings. The van der Waals surface area contributed by atoms with Gasteiger partial charge in [-0.3, -0.25) is 4.79 Å². The molecule has 0 rings (SSSR count). The molecule has 45 valence electrons. The van der Waals surface area contributed by atoms with E-state index in [0.717, 1.165) is 6.42 Å². The van der Waals surface area contributed by atoms with E-state index in [2.05, 4.69) is 12.6 Å². The fraction of sp³-hybridized carbons (Fsp3) is 0.500. The van der Waals surface area contributed by atoms with Gasteiger partial charge in [-0.2, -0.15) is 0 Å². The van der Waals surface area contributed by atoms with Crippen LogP contribution >= 0.6 is 12.6 Å². The van der Waals surface area contributed by atoms with Crippen molar-refractivity contribution >= 4 is 17.7 Å². The summed E-state index contributed by atoms with van der Waals surface area (Å²) in [4.78, 5) is 10.3. The highest BCUT2D eigenvalue weighted by Gasteiger charge is 1.94. The molecule has 0 amide bonds. The lowest BCUT2D eigenvalue weighted by Gasteiger charge is -1.86. The summed E-state index contributed by atoms with van der Waals surface area (Å²) in [7, 11) is 0. The van der Waals surface area contributed by atoms with Crippen LogP contribution in [0.25, 0.3) is 0 Å². The smallest absolute Gasteiger partial charge is 0.244 e. The summed E-state index contributed by atoms with van der Waals surface area (Å²) in [5.41, 5.74) is 0.683. The summed E-state index contributed by atoms with van der Waals surface area (Å²) in [5, 5.41) is -0.244. The van der Waals surface area contributed by atoms with Gasteiger partial charge in [0, 0.05) is 5.57 Å². The van der Waals surface area contributed by atoms with E-state index in [4.69, 9.17) is 0 Å². The van der Waals surface area contributed by atoms with Crippen LogP contribution in [0.4, 0.5) is 0 Å². The van der Waals surface area contributed by atoms with Gasteiger partial charge >= 0.3 is 0 Å². The third kappa shape index (κ3) is 2.75. The Kier molecular flexibility index (Phi) is 3.44. The number of rotatable bonds is 2. The van der Waals surface area contributed by atoms with Gasteiger partial charge in [0.15, 0.2) is 0 Å². The van der Waals surface area contributed by atoms with E-state index in [1.807, 2.05) is 13.0 Å². The van der Waals surface area contributed by atoms with E-state index in [1.165, 1.54) is 0 Å². The second-order valence-electron chi connectivity index (χ2n) is 1.58. The van der Waals surface area contributed by atoms with Crippen LogP contribution in [0.2, 0.25) is 0 Å². The van der Waals surface area contributed by atoms with Crippen LogP contribution in [0.3, 0.4) is 0 Å². The predicted octanol–water partition coefficient (Wildman–Crippen LogP) is 2.07. The van der Waals surface area contributed by atoms with Crippen LogP contribution in [0.15, 0.2) is 11.6 Å². The monoisotopic (exact) mass is 129 g/mol. The third-order valence-corrected chi connectivity index (χ3v) is 1.15. The topological polar surface area (TPSA) is 17.1 Å². The van der Waals surface area contributed by atoms with Gasteiger partial charge in [-0.1, -0.05) is 13.0 Å². The molecule has 0 aliphatic carbocycles. The van der Waals surface area contributed by atoms with E-state index < -0.39 is 0 Å². The van der Waals surface area contributed by atoms with E-state index >= 15 is 0 Å². The molecule has 0 saturated heterocycles. The lowest BCUT2D eigenvalue weighted by Crippen LogP contribution is -1.85. The quantitative estimate of drug-likeness (QED) is 0.521. The van der Waals surface area contributed by atoms with Gasteiger partial charge in [0.1, 0.15) is 0 Å². The number of allylic oxidation sites excluding steroid dienone is 1. The molecule has 0 fully saturated rings. The predicted molar refractivity (Wildman–Crippen MR) is 36.6 cm³/mol. The lowest BCUT2D eigenvalue weighted by molar-refractivity contribution is -0.107. The van der Waals surface area contributed by atoms with Gasteiger partial charge < -0.3 is 0 Å². The summed E-state index contributed by atoms with van der Waals surface area (Å²) >= 11 is 4.36. The van der Waals surface area contributed by atoms with E-state index in [9.17, 15) is 4.79 Å². The minimum absolute atomic E-state index is 0.244. The zero-order chi connectivity index (χ0) is 6.57. The molecule has 0 bridgehead atoms. The first-order valence-corrected chi connectivity index (χ1v) is 2.97. The summed E-state index contributed by atoms with van der Waals surface area (Å²) < 4.78 is 0. The second kappa shape index (κ2) is 3.61. The van der Waals surface area contributed by atoms with Gasteiger partial charge in [-0.15, -0.1) is 0 Å². The summed E-state index contributed by atoms with van der Waals surface area (Å²) in [5.74, 6) is 0. The Morgan fingerprint density at radius 3 is 2.38 bits per heavy atom. The zero-order valence-electron chi connectivity index (χ0n) is 5.10. The molecule has 0 saturated carbocycles. The number of hydrogen-bond acceptors (Lipinski definition) is 1. The Morgan fingerprint density at radius 2 is 2.25 bits per heavy atom. The molecule has 0 aliphatic heterocycles. The normalized spacial score (nSPS) is 11.5. The first kappa shape index (κ1) is 7.63. The van der Waals surface area contributed by atoms with Crippen molar-refractivity contribution in [3.8, 4) is 0 Å². The van der Waals surface area contributed by atoms with Crippen LogP contribution in [0.1, 0.15) is 20.3 Å². The SMILES string of the molecule is CCC=C(C)C(=O)[S]. The van der Waals surface area contributed by atoms with Crippen LogP contribution < -0.4 is 0 Å². The van der Waals surface area contributed by atoms with Crippen molar-refractivity contribution in [3.63, 3.8) is 0 Å². The molecule has 8 heavy (non-hydrogen) atoms. The maximum absolute atomic E-state index is 10.3. The maximum Gasteiger partial charge on any atom is 0.244 e. The summed E-state index contributed by atoms with van der Waals surface area (Å²) in [6, 6.07) is 0. The molecule has 1 radical (unpaired) electrons. The van der Waals surface area contributed by atoms with Crippen molar-refractivity contribution in [3.05, 3.63) is 11.6 Å². The van der Waals surface area contributed by atoms with Crippen LogP contribution in [0.5, 0.6) is 0 Å². The maximum atomic E-state index is 10.3. The number of carbonyl (C=O) groups excluding carboxylic acids is 1. The molecule has 2 heteroatoms. The van der Waals surface area contributed by atoms with E-state index in [0.29, 0.717) is 5.57 Å². The lowest BCUT2D eigenvalue weighted by atomic mass is 10.3. The molecule has 0 spiro atoms. The second-order valence-corrected chi connectivity index (χ2v) is 1.95. The van der Waals surface area contributed by atoms with Gasteiger partial charge in [-0.05, 0) is 26.0 Å². The standard InChI is InChI=1S/C6H9OS/c1-3-4-5(2)6(7)8/h4H,3H2,1-2H3. The largest absolute Gasteiger partial charge is 0.277 e. The van der Waals surface area contributed by atoms with Gasteiger partial charge in [0.2, 0.25) is 5.12 Å². The van der Waals surface area contributed by atoms with Gasteiger partial charge in [-0.25, -0.2) is 0 Å². The molecule has 0 atom stereocenters. The highest BCUT2D eigenvalue weighted by atomic mass is 32.1. The van der Waals surface area contributed by atoms with Crippen LogP contribution in [-0.4, -0.2) is 5.12 Å². The Bertz CT molecular complexity index is 116. The molecule has 0 aromatic carbocycles. The molecule has 1 nitrogen and oxygen atoms in total. The first-order chi connectivity index (χ1) is 3.68. The molecule has 0 aliphatic rings. The van der Waals surface area contributed by atoms with Crippen LogP contribution in [0, 0.1) is 0 Å². The minimum atomic E-state index is -0.244. The molecular formula is C6H9OS. The highest BCUT2D eigenvalue weighted by Crippen LogP contribution is 1.98. The summed E-state index contributed by atoms with van der Waals surface area (Å²) in [6.07, 6.45) is 2.71. The molecule has 0 unspecified atom stereocenters. The molecule has 0 aromatic heterocycles. The Hall–Kier alpha value is -0.370.